The first-order valence-corrected chi connectivity index (χ1v) is 12.2. The van der Waals surface area contributed by atoms with Gasteiger partial charge in [-0.1, -0.05) is 37.3 Å². The summed E-state index contributed by atoms with van der Waals surface area (Å²) >= 11 is 7.03. The molecule has 1 aliphatic rings. The van der Waals surface area contributed by atoms with Crippen molar-refractivity contribution >= 4 is 55.8 Å². The largest absolute Gasteiger partial charge is 0.490 e. The number of hydrogen-bond acceptors (Lipinski definition) is 5. The Morgan fingerprint density at radius 1 is 1.03 bits per heavy atom. The van der Waals surface area contributed by atoms with Gasteiger partial charge in [-0.2, -0.15) is 0 Å². The summed E-state index contributed by atoms with van der Waals surface area (Å²) in [6.45, 7) is 4.92. The lowest BCUT2D eigenvalue weighted by molar-refractivity contribution is -0.130. The van der Waals surface area contributed by atoms with Crippen LogP contribution in [-0.4, -0.2) is 42.5 Å². The number of amides is 4. The lowest BCUT2D eigenvalue weighted by atomic mass is 10.1. The van der Waals surface area contributed by atoms with Crippen molar-refractivity contribution in [1.82, 2.24) is 10.2 Å². The van der Waals surface area contributed by atoms with Crippen LogP contribution in [0, 0.1) is 0 Å². The van der Waals surface area contributed by atoms with Crippen molar-refractivity contribution in [3.05, 3.63) is 62.0 Å². The molecule has 0 aromatic heterocycles. The smallest absolute Gasteiger partial charge is 0.331 e. The van der Waals surface area contributed by atoms with E-state index in [1.807, 2.05) is 44.2 Å². The zero-order chi connectivity index (χ0) is 24.0. The van der Waals surface area contributed by atoms with Crippen LogP contribution in [0.5, 0.6) is 11.5 Å². The second kappa shape index (κ2) is 11.5. The highest BCUT2D eigenvalue weighted by atomic mass is 79.9. The van der Waals surface area contributed by atoms with Gasteiger partial charge in [-0.25, -0.2) is 4.79 Å². The van der Waals surface area contributed by atoms with Crippen molar-refractivity contribution in [2.75, 3.05) is 19.8 Å². The van der Waals surface area contributed by atoms with Crippen molar-refractivity contribution < 1.29 is 23.9 Å². The minimum Gasteiger partial charge on any atom is -0.490 e. The molecule has 0 atom stereocenters. The molecule has 0 spiro atoms. The van der Waals surface area contributed by atoms with E-state index in [0.29, 0.717) is 45.6 Å². The number of hydrogen-bond donors (Lipinski definition) is 1. The van der Waals surface area contributed by atoms with Crippen molar-refractivity contribution in [2.24, 2.45) is 0 Å². The van der Waals surface area contributed by atoms with Crippen LogP contribution in [0.3, 0.4) is 0 Å². The predicted octanol–water partition coefficient (Wildman–Crippen LogP) is 5.10. The van der Waals surface area contributed by atoms with Crippen LogP contribution in [-0.2, 0) is 16.0 Å². The van der Waals surface area contributed by atoms with E-state index >= 15 is 0 Å². The van der Waals surface area contributed by atoms with Gasteiger partial charge >= 0.3 is 6.03 Å². The van der Waals surface area contributed by atoms with Gasteiger partial charge in [0, 0.05) is 11.0 Å². The number of nitrogens with one attached hydrogen (secondary N) is 1. The van der Waals surface area contributed by atoms with Crippen LogP contribution in [0.15, 0.2) is 50.9 Å². The number of urea groups is 1. The molecule has 7 nitrogen and oxygen atoms in total. The van der Waals surface area contributed by atoms with Gasteiger partial charge < -0.3 is 9.47 Å². The summed E-state index contributed by atoms with van der Waals surface area (Å²) < 4.78 is 12.7. The summed E-state index contributed by atoms with van der Waals surface area (Å²) in [7, 11) is 0. The normalized spacial score (nSPS) is 15.1. The summed E-state index contributed by atoms with van der Waals surface area (Å²) in [5.41, 5.74) is 1.38. The minimum absolute atomic E-state index is 0.139. The molecule has 1 heterocycles. The van der Waals surface area contributed by atoms with Crippen molar-refractivity contribution in [3.63, 3.8) is 0 Å². The van der Waals surface area contributed by atoms with Gasteiger partial charge in [-0.3, -0.25) is 19.8 Å². The molecule has 0 bridgehead atoms. The zero-order valence-corrected chi connectivity index (χ0v) is 21.5. The molecule has 0 unspecified atom stereocenters. The summed E-state index contributed by atoms with van der Waals surface area (Å²) in [6.07, 6.45) is 2.75. The Morgan fingerprint density at radius 3 is 2.42 bits per heavy atom. The summed E-state index contributed by atoms with van der Waals surface area (Å²) in [5, 5.41) is 2.26. The molecular formula is C24H24Br2N2O5. The molecule has 0 radical (unpaired) electrons. The highest BCUT2D eigenvalue weighted by molar-refractivity contribution is 9.13. The fourth-order valence-corrected chi connectivity index (χ4v) is 4.20. The molecule has 0 aliphatic carbocycles. The summed E-state index contributed by atoms with van der Waals surface area (Å²) in [4.78, 5) is 39.0. The average molecular weight is 580 g/mol. The van der Waals surface area contributed by atoms with Crippen molar-refractivity contribution in [1.29, 1.82) is 0 Å². The van der Waals surface area contributed by atoms with Crippen LogP contribution in [0.4, 0.5) is 4.79 Å². The third kappa shape index (κ3) is 5.83. The molecule has 1 fully saturated rings. The number of carbonyl (C=O) groups excluding carboxylic acids is 3. The maximum absolute atomic E-state index is 13.1. The van der Waals surface area contributed by atoms with Crippen LogP contribution >= 0.6 is 31.9 Å². The topological polar surface area (TPSA) is 84.9 Å². The SMILES string of the molecule is CCCOc1c(OCC)cc(C=C2C(=O)NC(=O)N(CCc3ccccc3)C2=O)c(Br)c1Br. The number of barbiturate groups is 1. The fourth-order valence-electron chi connectivity index (χ4n) is 3.25. The number of ether oxygens (including phenoxy) is 2. The number of carbonyl (C=O) groups is 3. The maximum atomic E-state index is 13.1. The number of imide groups is 2. The quantitative estimate of drug-likeness (QED) is 0.330. The minimum atomic E-state index is -0.742. The van der Waals surface area contributed by atoms with E-state index in [2.05, 4.69) is 37.2 Å². The first kappa shape index (κ1) is 25.0. The average Bonchev–Trinajstić information content (AvgIpc) is 2.80. The third-order valence-corrected chi connectivity index (χ3v) is 7.00. The second-order valence-corrected chi connectivity index (χ2v) is 8.80. The van der Waals surface area contributed by atoms with Crippen molar-refractivity contribution in [2.45, 2.75) is 26.7 Å². The summed E-state index contributed by atoms with van der Waals surface area (Å²) in [5.74, 6) is -0.374. The van der Waals surface area contributed by atoms with Gasteiger partial charge in [0.1, 0.15) is 5.57 Å². The van der Waals surface area contributed by atoms with E-state index in [-0.39, 0.29) is 12.1 Å². The number of nitrogens with zero attached hydrogens (tertiary/aromatic N) is 1. The Kier molecular flexibility index (Phi) is 8.68. The van der Waals surface area contributed by atoms with E-state index in [4.69, 9.17) is 9.47 Å². The van der Waals surface area contributed by atoms with E-state index < -0.39 is 17.8 Å². The molecule has 1 saturated heterocycles. The van der Waals surface area contributed by atoms with Crippen LogP contribution < -0.4 is 14.8 Å². The molecular weight excluding hydrogens is 556 g/mol. The van der Waals surface area contributed by atoms with Crippen LogP contribution in [0.25, 0.3) is 6.08 Å². The highest BCUT2D eigenvalue weighted by Gasteiger charge is 2.35. The summed E-state index contributed by atoms with van der Waals surface area (Å²) in [6, 6.07) is 10.5. The molecule has 2 aromatic rings. The monoisotopic (exact) mass is 578 g/mol. The fraction of sp³-hybridized carbons (Fsp3) is 0.292. The van der Waals surface area contributed by atoms with E-state index in [1.165, 1.54) is 6.08 Å². The van der Waals surface area contributed by atoms with Gasteiger partial charge in [0.05, 0.1) is 17.7 Å². The van der Waals surface area contributed by atoms with Crippen LogP contribution in [0.1, 0.15) is 31.4 Å². The lowest BCUT2D eigenvalue weighted by Gasteiger charge is -2.26. The second-order valence-electron chi connectivity index (χ2n) is 7.21. The van der Waals surface area contributed by atoms with Gasteiger partial charge in [-0.15, -0.1) is 0 Å². The first-order chi connectivity index (χ1) is 15.9. The van der Waals surface area contributed by atoms with Gasteiger partial charge in [0.25, 0.3) is 11.8 Å². The van der Waals surface area contributed by atoms with E-state index in [0.717, 1.165) is 16.9 Å². The lowest BCUT2D eigenvalue weighted by Crippen LogP contribution is -2.54. The molecule has 2 aromatic carbocycles. The molecule has 33 heavy (non-hydrogen) atoms. The predicted molar refractivity (Wildman–Crippen MR) is 132 cm³/mol. The Morgan fingerprint density at radius 2 is 1.76 bits per heavy atom. The molecule has 174 valence electrons. The maximum Gasteiger partial charge on any atom is 0.331 e. The van der Waals surface area contributed by atoms with Gasteiger partial charge in [0.15, 0.2) is 11.5 Å². The van der Waals surface area contributed by atoms with Crippen LogP contribution in [0.2, 0.25) is 0 Å². The number of halogens is 2. The molecule has 1 aliphatic heterocycles. The zero-order valence-electron chi connectivity index (χ0n) is 18.3. The number of benzene rings is 2. The Balaban J connectivity index is 1.93. The molecule has 1 N–H and O–H groups in total. The van der Waals surface area contributed by atoms with E-state index in [9.17, 15) is 14.4 Å². The Bertz CT molecular complexity index is 1090. The number of rotatable bonds is 9. The molecule has 9 heteroatoms. The molecule has 3 rings (SSSR count). The third-order valence-electron chi connectivity index (χ3n) is 4.86. The Labute approximate surface area is 209 Å². The van der Waals surface area contributed by atoms with Crippen molar-refractivity contribution in [3.8, 4) is 11.5 Å². The first-order valence-electron chi connectivity index (χ1n) is 10.6. The van der Waals surface area contributed by atoms with Gasteiger partial charge in [0.2, 0.25) is 0 Å². The Hall–Kier alpha value is -2.65. The molecule has 4 amide bonds. The standard InChI is InChI=1S/C24H24Br2N2O5/c1-3-12-33-21-18(32-4-2)14-16(19(25)20(21)26)13-17-22(29)27-24(31)28(23(17)30)11-10-15-8-6-5-7-9-15/h5-9,13-14H,3-4,10-12H2,1-2H3,(H,27,29,31). The van der Waals surface area contributed by atoms with Gasteiger partial charge in [-0.05, 0) is 74.9 Å². The van der Waals surface area contributed by atoms with E-state index in [1.54, 1.807) is 6.07 Å². The molecule has 0 saturated carbocycles. The highest BCUT2D eigenvalue weighted by Crippen LogP contribution is 2.43.